The highest BCUT2D eigenvalue weighted by Gasteiger charge is 2.36. The summed E-state index contributed by atoms with van der Waals surface area (Å²) in [7, 11) is -2.37. The van der Waals surface area contributed by atoms with Crippen LogP contribution in [0.2, 0.25) is 0 Å². The zero-order valence-corrected chi connectivity index (χ0v) is 18.6. The summed E-state index contributed by atoms with van der Waals surface area (Å²) in [6.07, 6.45) is -3.07. The van der Waals surface area contributed by atoms with Gasteiger partial charge in [0.1, 0.15) is 16.4 Å². The van der Waals surface area contributed by atoms with Gasteiger partial charge in [0.05, 0.1) is 6.04 Å². The molecule has 1 aromatic rings. The summed E-state index contributed by atoms with van der Waals surface area (Å²) < 4.78 is 77.1. The molecule has 1 aliphatic heterocycles. The number of alkyl halides is 3. The number of allylic oxidation sites excluding steroid dienone is 1. The Labute approximate surface area is 179 Å². The maximum absolute atomic E-state index is 14.0. The summed E-state index contributed by atoms with van der Waals surface area (Å²) in [4.78, 5) is 10.9. The lowest BCUT2D eigenvalue weighted by atomic mass is 9.99. The monoisotopic (exact) mass is 462 g/mol. The summed E-state index contributed by atoms with van der Waals surface area (Å²) in [6.45, 7) is 8.06. The molecule has 1 atom stereocenters. The van der Waals surface area contributed by atoms with E-state index in [0.717, 1.165) is 12.3 Å². The van der Waals surface area contributed by atoms with Crippen molar-refractivity contribution >= 4 is 27.2 Å². The van der Waals surface area contributed by atoms with E-state index in [1.165, 1.54) is 19.2 Å². The summed E-state index contributed by atoms with van der Waals surface area (Å²) in [5.41, 5.74) is -0.609. The molecule has 0 aromatic heterocycles. The fraction of sp³-hybridized carbons (Fsp3) is 0.500. The number of benzene rings is 1. The predicted octanol–water partition coefficient (Wildman–Crippen LogP) is 3.55. The van der Waals surface area contributed by atoms with Gasteiger partial charge in [-0.15, -0.1) is 0 Å². The molecule has 0 bridgehead atoms. The second-order valence-corrected chi connectivity index (χ2v) is 9.54. The molecule has 2 rings (SSSR count). The van der Waals surface area contributed by atoms with Crippen LogP contribution in [0, 0.1) is 11.7 Å². The van der Waals surface area contributed by atoms with Crippen LogP contribution in [0.3, 0.4) is 0 Å². The molecule has 1 saturated heterocycles. The second-order valence-electron chi connectivity index (χ2n) is 7.56. The van der Waals surface area contributed by atoms with Crippen LogP contribution in [0.4, 0.5) is 23.2 Å². The van der Waals surface area contributed by atoms with E-state index in [-0.39, 0.29) is 17.9 Å². The third kappa shape index (κ3) is 5.84. The molecule has 1 aliphatic rings. The number of hydrogen-bond acceptors (Lipinski definition) is 4. The van der Waals surface area contributed by atoms with Gasteiger partial charge >= 0.3 is 6.18 Å². The van der Waals surface area contributed by atoms with E-state index < -0.39 is 32.4 Å². The molecule has 1 unspecified atom stereocenters. The lowest BCUT2D eigenvalue weighted by molar-refractivity contribution is -0.0576. The Bertz CT molecular complexity index is 987. The maximum Gasteiger partial charge on any atom is 0.433 e. The molecule has 1 heterocycles. The normalized spacial score (nSPS) is 19.2. The van der Waals surface area contributed by atoms with Crippen LogP contribution in [0.1, 0.15) is 13.8 Å². The Balaban J connectivity index is 2.37. The van der Waals surface area contributed by atoms with Crippen LogP contribution in [-0.2, 0) is 9.84 Å². The number of rotatable bonds is 4. The van der Waals surface area contributed by atoms with Gasteiger partial charge in [-0.2, -0.15) is 13.2 Å². The molecule has 172 valence electrons. The van der Waals surface area contributed by atoms with E-state index in [1.54, 1.807) is 4.90 Å². The van der Waals surface area contributed by atoms with Gasteiger partial charge in [-0.3, -0.25) is 4.99 Å². The van der Waals surface area contributed by atoms with E-state index in [0.29, 0.717) is 31.4 Å². The first kappa shape index (κ1) is 24.8. The zero-order valence-electron chi connectivity index (χ0n) is 17.8. The fourth-order valence-corrected chi connectivity index (χ4v) is 4.17. The molecule has 0 N–H and O–H groups in total. The molecular formula is C20H26F4N4O2S. The van der Waals surface area contributed by atoms with E-state index in [1.807, 2.05) is 18.7 Å². The highest BCUT2D eigenvalue weighted by molar-refractivity contribution is 7.90. The van der Waals surface area contributed by atoms with Gasteiger partial charge < -0.3 is 9.80 Å². The van der Waals surface area contributed by atoms with Gasteiger partial charge in [0, 0.05) is 38.6 Å². The molecule has 1 fully saturated rings. The van der Waals surface area contributed by atoms with Crippen molar-refractivity contribution in [3.63, 3.8) is 0 Å². The number of hydrogen-bond donors (Lipinski definition) is 0. The van der Waals surface area contributed by atoms with Crippen molar-refractivity contribution in [2.45, 2.75) is 31.0 Å². The smallest absolute Gasteiger partial charge is 0.368 e. The molecule has 0 saturated carbocycles. The van der Waals surface area contributed by atoms with Crippen molar-refractivity contribution in [3.8, 4) is 0 Å². The average Bonchev–Trinajstić information content (AvgIpc) is 2.67. The number of sulfone groups is 1. The van der Waals surface area contributed by atoms with Crippen molar-refractivity contribution in [2.75, 3.05) is 37.8 Å². The van der Waals surface area contributed by atoms with E-state index in [2.05, 4.69) is 16.6 Å². The minimum absolute atomic E-state index is 0.0163. The molecule has 6 nitrogen and oxygen atoms in total. The van der Waals surface area contributed by atoms with Crippen LogP contribution in [0.25, 0.3) is 0 Å². The van der Waals surface area contributed by atoms with E-state index in [9.17, 15) is 26.0 Å². The minimum Gasteiger partial charge on any atom is -0.368 e. The fourth-order valence-electron chi connectivity index (χ4n) is 3.41. The molecule has 1 aromatic carbocycles. The second kappa shape index (κ2) is 9.37. The lowest BCUT2D eigenvalue weighted by Crippen LogP contribution is -2.57. The first-order chi connectivity index (χ1) is 14.3. The van der Waals surface area contributed by atoms with Gasteiger partial charge in [-0.1, -0.05) is 20.4 Å². The lowest BCUT2D eigenvalue weighted by Gasteiger charge is -2.44. The average molecular weight is 463 g/mol. The number of guanidine groups is 1. The zero-order chi connectivity index (χ0) is 23.6. The third-order valence-corrected chi connectivity index (χ3v) is 6.14. The number of piperazine rings is 1. The topological polar surface area (TPSA) is 65.3 Å². The number of nitrogens with zero attached hydrogens (tertiary/aromatic N) is 4. The molecule has 0 radical (unpaired) electrons. The van der Waals surface area contributed by atoms with Crippen LogP contribution in [0.15, 0.2) is 45.7 Å². The van der Waals surface area contributed by atoms with Crippen LogP contribution < -0.4 is 4.90 Å². The standard InChI is InChI=1S/C20H26F4N4O2S/c1-6-18(20(22,23)24)26-19(25-4)28-10-9-27(12-16(28)13(2)3)14-7-8-15(21)17(11-14)31(5,29)30/h6-8,11,13,16H,1,9-10,12H2,2-5H3. The van der Waals surface area contributed by atoms with E-state index >= 15 is 0 Å². The van der Waals surface area contributed by atoms with Crippen LogP contribution in [-0.4, -0.2) is 70.1 Å². The quantitative estimate of drug-likeness (QED) is 0.390. The molecular weight excluding hydrogens is 436 g/mol. The van der Waals surface area contributed by atoms with E-state index in [4.69, 9.17) is 0 Å². The molecule has 0 spiro atoms. The predicted molar refractivity (Wildman–Crippen MR) is 114 cm³/mol. The number of halogens is 4. The molecule has 0 aliphatic carbocycles. The SMILES string of the molecule is C=CC(=NC(=NC)N1CCN(c2ccc(F)c(S(C)(=O)=O)c2)CC1C(C)C)C(F)(F)F. The van der Waals surface area contributed by atoms with Gasteiger partial charge in [0.15, 0.2) is 9.84 Å². The summed E-state index contributed by atoms with van der Waals surface area (Å²) >= 11 is 0. The van der Waals surface area contributed by atoms with Crippen LogP contribution >= 0.6 is 0 Å². The van der Waals surface area contributed by atoms with Gasteiger partial charge in [-0.05, 0) is 30.2 Å². The van der Waals surface area contributed by atoms with Crippen molar-refractivity contribution < 1.29 is 26.0 Å². The van der Waals surface area contributed by atoms with Crippen molar-refractivity contribution in [3.05, 3.63) is 36.7 Å². The highest BCUT2D eigenvalue weighted by atomic mass is 32.2. The Hall–Kier alpha value is -2.43. The number of aliphatic imine (C=N–C) groups is 2. The molecule has 11 heteroatoms. The minimum atomic E-state index is -4.65. The molecule has 31 heavy (non-hydrogen) atoms. The van der Waals surface area contributed by atoms with Crippen LogP contribution in [0.5, 0.6) is 0 Å². The first-order valence-electron chi connectivity index (χ1n) is 9.56. The largest absolute Gasteiger partial charge is 0.433 e. The summed E-state index contributed by atoms with van der Waals surface area (Å²) in [6, 6.07) is 3.61. The van der Waals surface area contributed by atoms with Gasteiger partial charge in [-0.25, -0.2) is 17.8 Å². The van der Waals surface area contributed by atoms with Gasteiger partial charge in [0.25, 0.3) is 0 Å². The Morgan fingerprint density at radius 3 is 2.42 bits per heavy atom. The van der Waals surface area contributed by atoms with Crippen molar-refractivity contribution in [1.29, 1.82) is 0 Å². The molecule has 0 amide bonds. The Morgan fingerprint density at radius 1 is 1.29 bits per heavy atom. The first-order valence-corrected chi connectivity index (χ1v) is 11.4. The summed E-state index contributed by atoms with van der Waals surface area (Å²) in [5.74, 6) is -0.867. The van der Waals surface area contributed by atoms with Crippen molar-refractivity contribution in [1.82, 2.24) is 4.90 Å². The highest BCUT2D eigenvalue weighted by Crippen LogP contribution is 2.27. The Kier molecular flexibility index (Phi) is 7.51. The van der Waals surface area contributed by atoms with Crippen molar-refractivity contribution in [2.24, 2.45) is 15.9 Å². The number of anilines is 1. The maximum atomic E-state index is 14.0. The third-order valence-electron chi connectivity index (χ3n) is 5.03. The summed E-state index contributed by atoms with van der Waals surface area (Å²) in [5, 5.41) is 0. The van der Waals surface area contributed by atoms with Gasteiger partial charge in [0.2, 0.25) is 5.96 Å². The Morgan fingerprint density at radius 2 is 1.94 bits per heavy atom.